The molecule has 0 aliphatic carbocycles. The van der Waals surface area contributed by atoms with Crippen LogP contribution in [-0.4, -0.2) is 31.2 Å². The van der Waals surface area contributed by atoms with Crippen LogP contribution in [0.15, 0.2) is 59.7 Å². The van der Waals surface area contributed by atoms with Gasteiger partial charge in [-0.2, -0.15) is 8.42 Å². The Balaban J connectivity index is 2.10. The lowest BCUT2D eigenvalue weighted by molar-refractivity contribution is 0.309. The zero-order chi connectivity index (χ0) is 18.0. The van der Waals surface area contributed by atoms with E-state index in [4.69, 9.17) is 5.59 Å². The maximum absolute atomic E-state index is 12.2. The van der Waals surface area contributed by atoms with Gasteiger partial charge in [0.15, 0.2) is 1.41 Å². The van der Waals surface area contributed by atoms with Crippen LogP contribution in [0.2, 0.25) is 1.41 Å². The number of hydrogen-bond donors (Lipinski definition) is 1. The van der Waals surface area contributed by atoms with Crippen LogP contribution in [0.1, 0.15) is 17.0 Å². The molecule has 0 aliphatic heterocycles. The number of H-pyrrole nitrogens is 1. The standard InChI is InChI=1S/C17H16N2O4S/c1-24(21,22)23-10-15(12-5-3-2-4-6-12)13-7-8-16-14(9-13)17(20)19-11-18-16/h2-9,11,15H,10H2,1H3,(H,18,19,20)/i/hD. The van der Waals surface area contributed by atoms with E-state index in [1.54, 1.807) is 18.2 Å². The smallest absolute Gasteiger partial charge is 0.264 e. The molecule has 1 N–H and O–H groups in total. The highest BCUT2D eigenvalue weighted by atomic mass is 32.2. The molecule has 1 aromatic heterocycles. The first kappa shape index (κ1) is 15.0. The molecule has 3 rings (SSSR count). The molecule has 1 heterocycles. The second-order valence-electron chi connectivity index (χ2n) is 5.41. The average Bonchev–Trinajstić information content (AvgIpc) is 2.59. The number of nitrogens with one attached hydrogen (secondary N) is 1. The van der Waals surface area contributed by atoms with Gasteiger partial charge < -0.3 is 4.98 Å². The van der Waals surface area contributed by atoms with E-state index in [1.807, 2.05) is 30.3 Å². The van der Waals surface area contributed by atoms with E-state index in [-0.39, 0.29) is 12.5 Å². The highest BCUT2D eigenvalue weighted by Gasteiger charge is 2.18. The SMILES string of the molecule is [2H]n1cnc2ccc(C(COS(C)(=O)=O)c3ccccc3)cc2c1=O. The van der Waals surface area contributed by atoms with Crippen molar-refractivity contribution in [2.24, 2.45) is 0 Å². The third-order valence-electron chi connectivity index (χ3n) is 3.68. The monoisotopic (exact) mass is 345 g/mol. The summed E-state index contributed by atoms with van der Waals surface area (Å²) in [6, 6.07) is 14.4. The van der Waals surface area contributed by atoms with Gasteiger partial charge in [-0.25, -0.2) is 4.98 Å². The molecular formula is C17H16N2O4S. The van der Waals surface area contributed by atoms with Gasteiger partial charge in [0.1, 0.15) is 0 Å². The van der Waals surface area contributed by atoms with Gasteiger partial charge in [0.05, 0.1) is 30.1 Å². The van der Waals surface area contributed by atoms with Crippen LogP contribution in [0.3, 0.4) is 0 Å². The molecule has 0 bridgehead atoms. The maximum Gasteiger partial charge on any atom is 0.264 e. The molecule has 0 spiro atoms. The predicted octanol–water partition coefficient (Wildman–Crippen LogP) is 2.03. The lowest BCUT2D eigenvalue weighted by atomic mass is 9.91. The molecule has 1 unspecified atom stereocenters. The van der Waals surface area contributed by atoms with Gasteiger partial charge >= 0.3 is 0 Å². The molecule has 0 saturated carbocycles. The molecule has 2 aromatic carbocycles. The molecule has 0 aliphatic rings. The number of hydrogen-bond acceptors (Lipinski definition) is 5. The van der Waals surface area contributed by atoms with E-state index in [9.17, 15) is 13.2 Å². The van der Waals surface area contributed by atoms with Crippen molar-refractivity contribution >= 4 is 21.0 Å². The van der Waals surface area contributed by atoms with Crippen LogP contribution in [0.4, 0.5) is 0 Å². The average molecular weight is 345 g/mol. The summed E-state index contributed by atoms with van der Waals surface area (Å²) in [6.45, 7) is -0.0797. The Morgan fingerprint density at radius 3 is 2.67 bits per heavy atom. The Morgan fingerprint density at radius 1 is 1.21 bits per heavy atom. The largest absolute Gasteiger partial charge is 0.313 e. The zero-order valence-electron chi connectivity index (χ0n) is 13.9. The van der Waals surface area contributed by atoms with Crippen molar-refractivity contribution in [2.75, 3.05) is 12.9 Å². The van der Waals surface area contributed by atoms with Gasteiger partial charge in [0, 0.05) is 5.92 Å². The van der Waals surface area contributed by atoms with Crippen molar-refractivity contribution < 1.29 is 14.0 Å². The summed E-state index contributed by atoms with van der Waals surface area (Å²) in [5.74, 6) is -0.376. The molecule has 0 fully saturated rings. The van der Waals surface area contributed by atoms with Crippen LogP contribution < -0.4 is 5.56 Å². The van der Waals surface area contributed by atoms with E-state index >= 15 is 0 Å². The highest BCUT2D eigenvalue weighted by molar-refractivity contribution is 7.85. The van der Waals surface area contributed by atoms with Crippen molar-refractivity contribution in [1.29, 1.82) is 0 Å². The zero-order valence-corrected chi connectivity index (χ0v) is 13.7. The fourth-order valence-electron chi connectivity index (χ4n) is 2.53. The number of benzene rings is 2. The van der Waals surface area contributed by atoms with E-state index in [1.165, 1.54) is 0 Å². The van der Waals surface area contributed by atoms with Crippen LogP contribution in [0, 0.1) is 0 Å². The van der Waals surface area contributed by atoms with Gasteiger partial charge in [-0.15, -0.1) is 0 Å². The fourth-order valence-corrected chi connectivity index (χ4v) is 2.91. The second kappa shape index (κ2) is 6.54. The Bertz CT molecular complexity index is 1060. The molecule has 0 amide bonds. The third kappa shape index (κ3) is 3.69. The molecule has 1 atom stereocenters. The molecular weight excluding hydrogens is 328 g/mol. The highest BCUT2D eigenvalue weighted by Crippen LogP contribution is 2.27. The lowest BCUT2D eigenvalue weighted by Gasteiger charge is -2.18. The lowest BCUT2D eigenvalue weighted by Crippen LogP contribution is -2.14. The summed E-state index contributed by atoms with van der Waals surface area (Å²) >= 11 is 0. The van der Waals surface area contributed by atoms with Crippen LogP contribution in [0.5, 0.6) is 0 Å². The second-order valence-corrected chi connectivity index (χ2v) is 7.05. The van der Waals surface area contributed by atoms with E-state index in [0.717, 1.165) is 18.1 Å². The first-order valence-electron chi connectivity index (χ1n) is 7.70. The van der Waals surface area contributed by atoms with Crippen molar-refractivity contribution in [3.8, 4) is 0 Å². The van der Waals surface area contributed by atoms with E-state index in [2.05, 4.69) is 4.98 Å². The minimum Gasteiger partial charge on any atom is -0.313 e. The van der Waals surface area contributed by atoms with Gasteiger partial charge in [0.2, 0.25) is 0 Å². The molecule has 6 nitrogen and oxygen atoms in total. The van der Waals surface area contributed by atoms with Crippen molar-refractivity contribution in [2.45, 2.75) is 5.92 Å². The molecule has 124 valence electrons. The molecule has 3 aromatic rings. The summed E-state index contributed by atoms with van der Waals surface area (Å²) in [5, 5.41) is 0.301. The normalized spacial score (nSPS) is 13.6. The molecule has 7 heteroatoms. The quantitative estimate of drug-likeness (QED) is 0.715. The number of aromatic nitrogens is 2. The van der Waals surface area contributed by atoms with Crippen LogP contribution in [0.25, 0.3) is 10.9 Å². The number of aromatic amines is 1. The molecule has 0 saturated heterocycles. The van der Waals surface area contributed by atoms with E-state index < -0.39 is 15.7 Å². The summed E-state index contributed by atoms with van der Waals surface area (Å²) < 4.78 is 35.3. The molecule has 24 heavy (non-hydrogen) atoms. The Morgan fingerprint density at radius 2 is 1.96 bits per heavy atom. The van der Waals surface area contributed by atoms with Crippen LogP contribution >= 0.6 is 0 Å². The number of fused-ring (bicyclic) bond motifs is 1. The summed E-state index contributed by atoms with van der Waals surface area (Å²) in [6.07, 6.45) is 2.14. The summed E-state index contributed by atoms with van der Waals surface area (Å²) in [4.78, 5) is 16.9. The first-order valence-corrected chi connectivity index (χ1v) is 9.07. The van der Waals surface area contributed by atoms with Crippen molar-refractivity contribution in [3.05, 3.63) is 76.3 Å². The van der Waals surface area contributed by atoms with Gasteiger partial charge in [-0.05, 0) is 23.3 Å². The third-order valence-corrected chi connectivity index (χ3v) is 4.24. The number of rotatable bonds is 5. The van der Waals surface area contributed by atoms with Crippen molar-refractivity contribution in [1.82, 2.24) is 9.96 Å². The predicted molar refractivity (Wildman–Crippen MR) is 91.4 cm³/mol. The first-order chi connectivity index (χ1) is 11.8. The summed E-state index contributed by atoms with van der Waals surface area (Å²) in [5.41, 5.74) is 1.57. The minimum absolute atomic E-state index is 0.0797. The van der Waals surface area contributed by atoms with Gasteiger partial charge in [-0.1, -0.05) is 36.4 Å². The van der Waals surface area contributed by atoms with Gasteiger partial charge in [0.25, 0.3) is 15.7 Å². The summed E-state index contributed by atoms with van der Waals surface area (Å²) in [7, 11) is -3.60. The van der Waals surface area contributed by atoms with Gasteiger partial charge in [-0.3, -0.25) is 8.98 Å². The fraction of sp³-hybridized carbons (Fsp3) is 0.176. The number of nitrogens with zero attached hydrogens (tertiary/aromatic N) is 1. The Kier molecular flexibility index (Phi) is 4.10. The topological polar surface area (TPSA) is 89.1 Å². The minimum atomic E-state index is -3.60. The molecule has 0 radical (unpaired) electrons. The van der Waals surface area contributed by atoms with E-state index in [0.29, 0.717) is 21.4 Å². The Labute approximate surface area is 140 Å². The maximum atomic E-state index is 12.2. The van der Waals surface area contributed by atoms with Crippen LogP contribution in [-0.2, 0) is 14.3 Å². The van der Waals surface area contributed by atoms with Crippen molar-refractivity contribution in [3.63, 3.8) is 0 Å². The Hall–Kier alpha value is -2.51.